The maximum Gasteiger partial charge on any atom is 0.254 e. The molecule has 9 nitrogen and oxygen atoms in total. The topological polar surface area (TPSA) is 85.6 Å². The number of methoxy groups -OCH3 is 2. The number of aryl methyl sites for hydroxylation is 1. The number of carbonyl (C=O) groups is 1. The van der Waals surface area contributed by atoms with Gasteiger partial charge in [-0.25, -0.2) is 14.6 Å². The number of hydrogen-bond donors (Lipinski definition) is 0. The van der Waals surface area contributed by atoms with Crippen molar-refractivity contribution in [2.75, 3.05) is 45.3 Å². The Hall–Kier alpha value is -4.92. The van der Waals surface area contributed by atoms with Gasteiger partial charge in [-0.05, 0) is 36.8 Å². The molecule has 1 amide bonds. The summed E-state index contributed by atoms with van der Waals surface area (Å²) < 4.78 is 12.6. The van der Waals surface area contributed by atoms with Crippen LogP contribution in [0.1, 0.15) is 27.3 Å². The Morgan fingerprint density at radius 1 is 0.854 bits per heavy atom. The van der Waals surface area contributed by atoms with E-state index in [4.69, 9.17) is 24.5 Å². The van der Waals surface area contributed by atoms with Crippen molar-refractivity contribution in [2.24, 2.45) is 0 Å². The number of rotatable bonds is 7. The summed E-state index contributed by atoms with van der Waals surface area (Å²) in [4.78, 5) is 27.5. The number of nitrogens with zero attached hydrogens (tertiary/aromatic N) is 6. The molecule has 1 saturated heterocycles. The molecule has 9 heteroatoms. The van der Waals surface area contributed by atoms with E-state index in [2.05, 4.69) is 36.1 Å². The molecule has 0 bridgehead atoms. The normalized spacial score (nSPS) is 13.4. The van der Waals surface area contributed by atoms with Gasteiger partial charge in [-0.3, -0.25) is 4.79 Å². The second-order valence-corrected chi connectivity index (χ2v) is 10.1. The van der Waals surface area contributed by atoms with Gasteiger partial charge in [0.2, 0.25) is 0 Å². The first-order valence-electron chi connectivity index (χ1n) is 13.7. The molecule has 1 aliphatic rings. The van der Waals surface area contributed by atoms with Crippen LogP contribution in [0.25, 0.3) is 16.7 Å². The highest BCUT2D eigenvalue weighted by atomic mass is 16.5. The summed E-state index contributed by atoms with van der Waals surface area (Å²) in [5, 5.41) is 5.58. The summed E-state index contributed by atoms with van der Waals surface area (Å²) in [6.45, 7) is 4.48. The molecule has 3 heterocycles. The Kier molecular flexibility index (Phi) is 7.24. The molecule has 208 valence electrons. The van der Waals surface area contributed by atoms with E-state index in [9.17, 15) is 4.79 Å². The maximum atomic E-state index is 13.4. The first-order valence-corrected chi connectivity index (χ1v) is 13.7. The van der Waals surface area contributed by atoms with E-state index in [1.54, 1.807) is 32.4 Å². The fraction of sp³-hybridized carbons (Fsp3) is 0.250. The lowest BCUT2D eigenvalue weighted by atomic mass is 10.1. The van der Waals surface area contributed by atoms with Gasteiger partial charge in [0.15, 0.2) is 5.65 Å². The second kappa shape index (κ2) is 11.3. The fourth-order valence-electron chi connectivity index (χ4n) is 5.14. The van der Waals surface area contributed by atoms with Crippen LogP contribution < -0.4 is 14.4 Å². The Balaban J connectivity index is 1.30. The average molecular weight is 549 g/mol. The summed E-state index contributed by atoms with van der Waals surface area (Å²) in [6.07, 6.45) is 2.45. The van der Waals surface area contributed by atoms with Gasteiger partial charge in [-0.1, -0.05) is 48.0 Å². The predicted octanol–water partition coefficient (Wildman–Crippen LogP) is 4.69. The lowest BCUT2D eigenvalue weighted by Crippen LogP contribution is -2.49. The number of ether oxygens (including phenoxy) is 2. The van der Waals surface area contributed by atoms with Gasteiger partial charge in [0, 0.05) is 44.2 Å². The Morgan fingerprint density at radius 2 is 1.54 bits per heavy atom. The quantitative estimate of drug-likeness (QED) is 0.292. The molecule has 1 fully saturated rings. The summed E-state index contributed by atoms with van der Waals surface area (Å²) in [7, 11) is 3.16. The van der Waals surface area contributed by atoms with Crippen molar-refractivity contribution in [1.29, 1.82) is 0 Å². The highest BCUT2D eigenvalue weighted by Gasteiger charge is 2.26. The monoisotopic (exact) mass is 548 g/mol. The molecule has 41 heavy (non-hydrogen) atoms. The van der Waals surface area contributed by atoms with E-state index >= 15 is 0 Å². The Labute approximate surface area is 239 Å². The molecule has 5 aromatic rings. The standard InChI is InChI=1S/C32H32N6O3/c1-22-9-11-23(12-10-22)17-29-34-30(28-21-33-38(31(28)35-29)25-7-5-4-6-8-25)36-13-15-37(16-14-36)32(39)24-18-26(40-2)20-27(19-24)41-3/h4-12,18-21H,13-17H2,1-3H3. The van der Waals surface area contributed by atoms with Crippen LogP contribution in [0.2, 0.25) is 0 Å². The molecule has 0 N–H and O–H groups in total. The van der Waals surface area contributed by atoms with Crippen LogP contribution in [-0.2, 0) is 6.42 Å². The van der Waals surface area contributed by atoms with Crippen LogP contribution >= 0.6 is 0 Å². The maximum absolute atomic E-state index is 13.4. The van der Waals surface area contributed by atoms with Gasteiger partial charge in [0.25, 0.3) is 5.91 Å². The van der Waals surface area contributed by atoms with Gasteiger partial charge < -0.3 is 19.3 Å². The summed E-state index contributed by atoms with van der Waals surface area (Å²) in [6, 6.07) is 23.7. The van der Waals surface area contributed by atoms with Gasteiger partial charge in [0.1, 0.15) is 23.1 Å². The fourth-order valence-corrected chi connectivity index (χ4v) is 5.14. The number of aromatic nitrogens is 4. The third-order valence-electron chi connectivity index (χ3n) is 7.40. The number of fused-ring (bicyclic) bond motifs is 1. The molecular formula is C32H32N6O3. The lowest BCUT2D eigenvalue weighted by molar-refractivity contribution is 0.0746. The first-order chi connectivity index (χ1) is 20.0. The molecule has 2 aromatic heterocycles. The molecule has 6 rings (SSSR count). The third kappa shape index (κ3) is 5.43. The molecule has 0 spiro atoms. The zero-order chi connectivity index (χ0) is 28.3. The Bertz CT molecular complexity index is 1650. The molecule has 1 aliphatic heterocycles. The van der Waals surface area contributed by atoms with Gasteiger partial charge in [-0.2, -0.15) is 5.10 Å². The third-order valence-corrected chi connectivity index (χ3v) is 7.40. The SMILES string of the molecule is COc1cc(OC)cc(C(=O)N2CCN(c3nc(Cc4ccc(C)cc4)nc4c3cnn4-c3ccccc3)CC2)c1. The van der Waals surface area contributed by atoms with Crippen LogP contribution in [0.5, 0.6) is 11.5 Å². The van der Waals surface area contributed by atoms with E-state index in [-0.39, 0.29) is 5.91 Å². The number of anilines is 1. The highest BCUT2D eigenvalue weighted by molar-refractivity contribution is 5.95. The van der Waals surface area contributed by atoms with E-state index < -0.39 is 0 Å². The summed E-state index contributed by atoms with van der Waals surface area (Å²) in [5.41, 5.74) is 4.62. The largest absolute Gasteiger partial charge is 0.497 e. The van der Waals surface area contributed by atoms with E-state index in [0.717, 1.165) is 33.9 Å². The van der Waals surface area contributed by atoms with Crippen molar-refractivity contribution in [3.63, 3.8) is 0 Å². The lowest BCUT2D eigenvalue weighted by Gasteiger charge is -2.35. The number of hydrogen-bond acceptors (Lipinski definition) is 7. The highest BCUT2D eigenvalue weighted by Crippen LogP contribution is 2.28. The van der Waals surface area contributed by atoms with Crippen LogP contribution in [0, 0.1) is 6.92 Å². The van der Waals surface area contributed by atoms with Crippen molar-refractivity contribution in [3.8, 4) is 17.2 Å². The number of piperazine rings is 1. The molecule has 0 unspecified atom stereocenters. The minimum Gasteiger partial charge on any atom is -0.497 e. The van der Waals surface area contributed by atoms with Gasteiger partial charge in [-0.15, -0.1) is 0 Å². The first kappa shape index (κ1) is 26.3. The minimum absolute atomic E-state index is 0.0494. The summed E-state index contributed by atoms with van der Waals surface area (Å²) >= 11 is 0. The smallest absolute Gasteiger partial charge is 0.254 e. The number of amides is 1. The molecule has 0 saturated carbocycles. The van der Waals surface area contributed by atoms with E-state index in [1.165, 1.54) is 5.56 Å². The summed E-state index contributed by atoms with van der Waals surface area (Å²) in [5.74, 6) is 2.70. The molecule has 0 radical (unpaired) electrons. The van der Waals surface area contributed by atoms with Gasteiger partial charge in [0.05, 0.1) is 31.5 Å². The van der Waals surface area contributed by atoms with Crippen LogP contribution in [0.15, 0.2) is 79.0 Å². The average Bonchev–Trinajstić information content (AvgIpc) is 3.45. The van der Waals surface area contributed by atoms with Crippen molar-refractivity contribution >= 4 is 22.8 Å². The molecule has 0 aliphatic carbocycles. The molecular weight excluding hydrogens is 516 g/mol. The number of benzene rings is 3. The van der Waals surface area contributed by atoms with Crippen LogP contribution in [-0.4, -0.2) is 71.0 Å². The minimum atomic E-state index is -0.0494. The van der Waals surface area contributed by atoms with E-state index in [0.29, 0.717) is 49.7 Å². The Morgan fingerprint density at radius 3 is 2.20 bits per heavy atom. The predicted molar refractivity (Wildman–Crippen MR) is 158 cm³/mol. The van der Waals surface area contributed by atoms with E-state index in [1.807, 2.05) is 46.1 Å². The van der Waals surface area contributed by atoms with Crippen molar-refractivity contribution in [1.82, 2.24) is 24.6 Å². The number of para-hydroxylation sites is 1. The van der Waals surface area contributed by atoms with Gasteiger partial charge >= 0.3 is 0 Å². The van der Waals surface area contributed by atoms with Crippen molar-refractivity contribution in [2.45, 2.75) is 13.3 Å². The second-order valence-electron chi connectivity index (χ2n) is 10.1. The van der Waals surface area contributed by atoms with Crippen molar-refractivity contribution < 1.29 is 14.3 Å². The zero-order valence-electron chi connectivity index (χ0n) is 23.4. The molecule has 0 atom stereocenters. The molecule has 3 aromatic carbocycles. The number of carbonyl (C=O) groups excluding carboxylic acids is 1. The van der Waals surface area contributed by atoms with Crippen molar-refractivity contribution in [3.05, 3.63) is 102 Å². The zero-order valence-corrected chi connectivity index (χ0v) is 23.4. The van der Waals surface area contributed by atoms with Crippen LogP contribution in [0.4, 0.5) is 5.82 Å². The van der Waals surface area contributed by atoms with Crippen LogP contribution in [0.3, 0.4) is 0 Å².